The van der Waals surface area contributed by atoms with Crippen LogP contribution in [0.5, 0.6) is 0 Å². The number of rotatable bonds is 3. The van der Waals surface area contributed by atoms with Crippen LogP contribution < -0.4 is 0 Å². The molecule has 2 aromatic heterocycles. The van der Waals surface area contributed by atoms with Gasteiger partial charge in [-0.15, -0.1) is 22.7 Å². The van der Waals surface area contributed by atoms with Crippen LogP contribution in [0.3, 0.4) is 0 Å². The second kappa shape index (κ2) is 12.3. The first-order valence-corrected chi connectivity index (χ1v) is 21.5. The van der Waals surface area contributed by atoms with E-state index in [2.05, 4.69) is 194 Å². The van der Waals surface area contributed by atoms with Crippen LogP contribution in [0.15, 0.2) is 194 Å². The van der Waals surface area contributed by atoms with Crippen LogP contribution in [0.2, 0.25) is 0 Å². The lowest BCUT2D eigenvalue weighted by atomic mass is 9.84. The quantitative estimate of drug-likeness (QED) is 0.157. The minimum absolute atomic E-state index is 1.24. The summed E-state index contributed by atoms with van der Waals surface area (Å²) in [5.41, 5.74) is 7.63. The lowest BCUT2D eigenvalue weighted by Gasteiger charge is -2.19. The fourth-order valence-corrected chi connectivity index (χ4v) is 12.1. The Morgan fingerprint density at radius 3 is 1.53 bits per heavy atom. The average Bonchev–Trinajstić information content (AvgIpc) is 3.83. The summed E-state index contributed by atoms with van der Waals surface area (Å²) < 4.78 is 5.40. The van der Waals surface area contributed by atoms with Crippen molar-refractivity contribution in [2.24, 2.45) is 0 Å². The lowest BCUT2D eigenvalue weighted by molar-refractivity contribution is 1.68. The Bertz CT molecular complexity index is 3800. The van der Waals surface area contributed by atoms with Crippen molar-refractivity contribution in [2.45, 2.75) is 0 Å². The van der Waals surface area contributed by atoms with Crippen molar-refractivity contribution in [1.82, 2.24) is 0 Å². The topological polar surface area (TPSA) is 0 Å². The Kier molecular flexibility index (Phi) is 6.86. The summed E-state index contributed by atoms with van der Waals surface area (Å²) >= 11 is 3.82. The summed E-state index contributed by atoms with van der Waals surface area (Å²) in [6.07, 6.45) is 0. The standard InChI is InChI=1S/C56H32S2/c1-2-14-38-33(12-1)13-11-22-41(38)55-45-20-7-5-18-43(45)54(44-19-6-8-21-46(44)55)37-27-25-34-28-36(26-24-35(34)29-37)47-30-53-56(42-17-4-3-15-39(42)47)49-32-51-48(31-52(49)58-53)40-16-9-10-23-50(40)57-51/h1-32H. The molecule has 2 heterocycles. The molecule has 0 unspecified atom stereocenters. The van der Waals surface area contributed by atoms with Gasteiger partial charge in [0.25, 0.3) is 0 Å². The summed E-state index contributed by atoms with van der Waals surface area (Å²) in [7, 11) is 0. The number of hydrogen-bond acceptors (Lipinski definition) is 2. The van der Waals surface area contributed by atoms with Gasteiger partial charge in [0, 0.05) is 40.3 Å². The van der Waals surface area contributed by atoms with Crippen LogP contribution in [0, 0.1) is 0 Å². The highest BCUT2D eigenvalue weighted by atomic mass is 32.1. The molecule has 0 aliphatic carbocycles. The summed E-state index contributed by atoms with van der Waals surface area (Å²) in [5, 5.41) is 18.2. The fraction of sp³-hybridized carbons (Fsp3) is 0. The highest BCUT2D eigenvalue weighted by molar-refractivity contribution is 7.27. The Labute approximate surface area is 342 Å². The zero-order valence-electron chi connectivity index (χ0n) is 31.3. The van der Waals surface area contributed by atoms with E-state index in [-0.39, 0.29) is 0 Å². The largest absolute Gasteiger partial charge is 0.135 e. The number of fused-ring (bicyclic) bond motifs is 12. The normalized spacial score (nSPS) is 12.1. The molecule has 0 atom stereocenters. The van der Waals surface area contributed by atoms with E-state index in [1.54, 1.807) is 0 Å². The molecule has 2 heteroatoms. The highest BCUT2D eigenvalue weighted by Gasteiger charge is 2.19. The van der Waals surface area contributed by atoms with Crippen LogP contribution in [0.4, 0.5) is 0 Å². The zero-order valence-corrected chi connectivity index (χ0v) is 32.9. The van der Waals surface area contributed by atoms with Crippen molar-refractivity contribution < 1.29 is 0 Å². The molecule has 11 aromatic carbocycles. The molecule has 0 nitrogen and oxygen atoms in total. The molecule has 0 bridgehead atoms. The lowest BCUT2D eigenvalue weighted by Crippen LogP contribution is -1.91. The molecule has 0 spiro atoms. The minimum Gasteiger partial charge on any atom is -0.135 e. The van der Waals surface area contributed by atoms with Gasteiger partial charge in [0.1, 0.15) is 0 Å². The Balaban J connectivity index is 0.980. The van der Waals surface area contributed by atoms with Crippen LogP contribution in [0.25, 0.3) is 128 Å². The summed E-state index contributed by atoms with van der Waals surface area (Å²) in [5.74, 6) is 0. The third kappa shape index (κ3) is 4.68. The van der Waals surface area contributed by atoms with E-state index in [0.717, 1.165) is 0 Å². The second-order valence-corrected chi connectivity index (χ2v) is 17.7. The zero-order chi connectivity index (χ0) is 37.9. The summed E-state index contributed by atoms with van der Waals surface area (Å²) in [4.78, 5) is 0. The third-order valence-corrected chi connectivity index (χ3v) is 14.6. The smallest absolute Gasteiger partial charge is 0.0368 e. The van der Waals surface area contributed by atoms with E-state index in [1.165, 1.54) is 128 Å². The molecule has 0 radical (unpaired) electrons. The van der Waals surface area contributed by atoms with Crippen molar-refractivity contribution in [3.05, 3.63) is 194 Å². The van der Waals surface area contributed by atoms with Gasteiger partial charge in [-0.1, -0.05) is 158 Å². The highest BCUT2D eigenvalue weighted by Crippen LogP contribution is 2.48. The van der Waals surface area contributed by atoms with Crippen LogP contribution in [-0.2, 0) is 0 Å². The van der Waals surface area contributed by atoms with Crippen LogP contribution in [-0.4, -0.2) is 0 Å². The Morgan fingerprint density at radius 1 is 0.241 bits per heavy atom. The van der Waals surface area contributed by atoms with Gasteiger partial charge in [-0.05, 0) is 124 Å². The molecule has 0 fully saturated rings. The van der Waals surface area contributed by atoms with Gasteiger partial charge in [-0.25, -0.2) is 0 Å². The third-order valence-electron chi connectivity index (χ3n) is 12.4. The van der Waals surface area contributed by atoms with Gasteiger partial charge in [-0.3, -0.25) is 0 Å². The molecule has 0 aliphatic heterocycles. The van der Waals surface area contributed by atoms with Crippen molar-refractivity contribution in [2.75, 3.05) is 0 Å². The molecule has 0 aliphatic rings. The van der Waals surface area contributed by atoms with Crippen LogP contribution in [0.1, 0.15) is 0 Å². The van der Waals surface area contributed by atoms with Crippen LogP contribution >= 0.6 is 22.7 Å². The molecule has 0 N–H and O–H groups in total. The maximum Gasteiger partial charge on any atom is 0.0368 e. The van der Waals surface area contributed by atoms with Gasteiger partial charge in [0.2, 0.25) is 0 Å². The van der Waals surface area contributed by atoms with E-state index in [1.807, 2.05) is 22.7 Å². The van der Waals surface area contributed by atoms with E-state index in [0.29, 0.717) is 0 Å². The number of thiophene rings is 2. The molecule has 13 rings (SSSR count). The molecule has 13 aromatic rings. The molecule has 0 saturated carbocycles. The van der Waals surface area contributed by atoms with Gasteiger partial charge in [0.05, 0.1) is 0 Å². The SMILES string of the molecule is c1ccc2c(-c3c4ccccc4c(-c4ccc5cc(-c6cc7sc8cc9c(cc8c7c7ccccc67)sc6ccccc69)ccc5c4)c4ccccc34)cccc2c1. The predicted molar refractivity (Wildman–Crippen MR) is 256 cm³/mol. The Hall–Kier alpha value is -6.84. The molecule has 58 heavy (non-hydrogen) atoms. The second-order valence-electron chi connectivity index (χ2n) is 15.5. The number of hydrogen-bond donors (Lipinski definition) is 0. The molecule has 0 saturated heterocycles. The summed E-state index contributed by atoms with van der Waals surface area (Å²) in [6, 6.07) is 72.6. The van der Waals surface area contributed by atoms with Gasteiger partial charge in [-0.2, -0.15) is 0 Å². The molecular weight excluding hydrogens is 737 g/mol. The van der Waals surface area contributed by atoms with Crippen molar-refractivity contribution in [3.8, 4) is 33.4 Å². The number of benzene rings is 11. The van der Waals surface area contributed by atoms with Crippen molar-refractivity contribution >= 4 is 117 Å². The van der Waals surface area contributed by atoms with E-state index in [4.69, 9.17) is 0 Å². The summed E-state index contributed by atoms with van der Waals surface area (Å²) in [6.45, 7) is 0. The van der Waals surface area contributed by atoms with E-state index in [9.17, 15) is 0 Å². The first-order chi connectivity index (χ1) is 28.7. The first-order valence-electron chi connectivity index (χ1n) is 19.9. The molecule has 268 valence electrons. The van der Waals surface area contributed by atoms with Gasteiger partial charge < -0.3 is 0 Å². The predicted octanol–water partition coefficient (Wildman–Crippen LogP) is 17.2. The molecule has 0 amide bonds. The fourth-order valence-electron chi connectivity index (χ4n) is 9.84. The minimum atomic E-state index is 1.24. The monoisotopic (exact) mass is 768 g/mol. The van der Waals surface area contributed by atoms with Gasteiger partial charge >= 0.3 is 0 Å². The maximum absolute atomic E-state index is 2.44. The van der Waals surface area contributed by atoms with Crippen molar-refractivity contribution in [1.29, 1.82) is 0 Å². The maximum atomic E-state index is 2.44. The van der Waals surface area contributed by atoms with E-state index >= 15 is 0 Å². The average molecular weight is 769 g/mol. The van der Waals surface area contributed by atoms with Crippen molar-refractivity contribution in [3.63, 3.8) is 0 Å². The first kappa shape index (κ1) is 32.3. The van der Waals surface area contributed by atoms with Gasteiger partial charge in [0.15, 0.2) is 0 Å². The Morgan fingerprint density at radius 2 is 0.776 bits per heavy atom. The molecular formula is C56H32S2. The van der Waals surface area contributed by atoms with E-state index < -0.39 is 0 Å².